The molecule has 0 saturated carbocycles. The average Bonchev–Trinajstić information content (AvgIpc) is 2.51. The molecule has 0 aliphatic heterocycles. The maximum absolute atomic E-state index is 6.05. The van der Waals surface area contributed by atoms with E-state index in [9.17, 15) is 0 Å². The second-order valence-electron chi connectivity index (χ2n) is 4.46. The van der Waals surface area contributed by atoms with Gasteiger partial charge < -0.3 is 10.5 Å². The number of aromatic nitrogens is 1. The maximum atomic E-state index is 6.05. The molecule has 0 fully saturated rings. The van der Waals surface area contributed by atoms with Crippen LogP contribution >= 0.6 is 27.7 Å². The highest BCUT2D eigenvalue weighted by Gasteiger charge is 2.10. The summed E-state index contributed by atoms with van der Waals surface area (Å²) in [6.07, 6.45) is 3.77. The Kier molecular flexibility index (Phi) is 4.03. The van der Waals surface area contributed by atoms with Gasteiger partial charge in [0, 0.05) is 26.6 Å². The van der Waals surface area contributed by atoms with Gasteiger partial charge in [-0.05, 0) is 52.5 Å². The molecular formula is C16H13BrN2OS. The Morgan fingerprint density at radius 1 is 1.14 bits per heavy atom. The predicted molar refractivity (Wildman–Crippen MR) is 92.2 cm³/mol. The molecule has 0 unspecified atom stereocenters. The van der Waals surface area contributed by atoms with E-state index in [1.165, 1.54) is 0 Å². The zero-order valence-electron chi connectivity index (χ0n) is 11.3. The van der Waals surface area contributed by atoms with E-state index < -0.39 is 0 Å². The van der Waals surface area contributed by atoms with E-state index in [1.807, 2.05) is 48.7 Å². The molecule has 106 valence electrons. The molecule has 0 radical (unpaired) electrons. The third-order valence-corrected chi connectivity index (χ3v) is 4.31. The summed E-state index contributed by atoms with van der Waals surface area (Å²) in [5.74, 6) is 1.52. The van der Waals surface area contributed by atoms with Crippen LogP contribution in [0.2, 0.25) is 0 Å². The normalized spacial score (nSPS) is 10.8. The number of benzene rings is 2. The molecule has 3 rings (SSSR count). The van der Waals surface area contributed by atoms with Crippen molar-refractivity contribution in [2.24, 2.45) is 0 Å². The molecule has 0 atom stereocenters. The SMILES string of the molecule is CSc1ccccc1Oc1ccc(N)c2cc(Br)cnc12. The maximum Gasteiger partial charge on any atom is 0.153 e. The minimum Gasteiger partial charge on any atom is -0.454 e. The van der Waals surface area contributed by atoms with Crippen LogP contribution in [0.15, 0.2) is 58.0 Å². The van der Waals surface area contributed by atoms with E-state index in [2.05, 4.69) is 20.9 Å². The van der Waals surface area contributed by atoms with Gasteiger partial charge in [-0.25, -0.2) is 0 Å². The van der Waals surface area contributed by atoms with Gasteiger partial charge in [-0.15, -0.1) is 11.8 Å². The van der Waals surface area contributed by atoms with E-state index in [0.29, 0.717) is 11.4 Å². The fourth-order valence-electron chi connectivity index (χ4n) is 2.09. The minimum absolute atomic E-state index is 0.685. The fraction of sp³-hybridized carbons (Fsp3) is 0.0625. The Labute approximate surface area is 135 Å². The van der Waals surface area contributed by atoms with Crippen molar-refractivity contribution in [3.63, 3.8) is 0 Å². The predicted octanol–water partition coefficient (Wildman–Crippen LogP) is 5.09. The lowest BCUT2D eigenvalue weighted by Gasteiger charge is -2.12. The van der Waals surface area contributed by atoms with Crippen molar-refractivity contribution in [2.75, 3.05) is 12.0 Å². The van der Waals surface area contributed by atoms with E-state index in [1.54, 1.807) is 18.0 Å². The van der Waals surface area contributed by atoms with Crippen molar-refractivity contribution in [1.29, 1.82) is 0 Å². The van der Waals surface area contributed by atoms with E-state index in [4.69, 9.17) is 10.5 Å². The third kappa shape index (κ3) is 2.84. The second kappa shape index (κ2) is 5.95. The highest BCUT2D eigenvalue weighted by Crippen LogP contribution is 2.36. The molecule has 3 aromatic rings. The van der Waals surface area contributed by atoms with Crippen LogP contribution in [0.5, 0.6) is 11.5 Å². The number of ether oxygens (including phenoxy) is 1. The summed E-state index contributed by atoms with van der Waals surface area (Å²) >= 11 is 5.07. The number of thioether (sulfide) groups is 1. The highest BCUT2D eigenvalue weighted by molar-refractivity contribution is 9.10. The van der Waals surface area contributed by atoms with E-state index >= 15 is 0 Å². The van der Waals surface area contributed by atoms with Crippen molar-refractivity contribution in [3.8, 4) is 11.5 Å². The summed E-state index contributed by atoms with van der Waals surface area (Å²) in [7, 11) is 0. The van der Waals surface area contributed by atoms with Crippen molar-refractivity contribution in [2.45, 2.75) is 4.90 Å². The first-order valence-corrected chi connectivity index (χ1v) is 8.35. The molecule has 21 heavy (non-hydrogen) atoms. The number of pyridine rings is 1. The minimum atomic E-state index is 0.685. The number of halogens is 1. The first-order chi connectivity index (χ1) is 10.2. The summed E-state index contributed by atoms with van der Waals surface area (Å²) in [6, 6.07) is 13.6. The summed E-state index contributed by atoms with van der Waals surface area (Å²) in [6.45, 7) is 0. The highest BCUT2D eigenvalue weighted by atomic mass is 79.9. The van der Waals surface area contributed by atoms with E-state index in [-0.39, 0.29) is 0 Å². The number of rotatable bonds is 3. The average molecular weight is 361 g/mol. The number of nitrogen functional groups attached to an aromatic ring is 1. The lowest BCUT2D eigenvalue weighted by atomic mass is 10.1. The molecule has 5 heteroatoms. The molecule has 0 saturated heterocycles. The molecule has 0 aliphatic carbocycles. The van der Waals surface area contributed by atoms with Crippen molar-refractivity contribution < 1.29 is 4.74 Å². The summed E-state index contributed by atoms with van der Waals surface area (Å²) < 4.78 is 6.95. The molecule has 0 amide bonds. The number of nitrogens with two attached hydrogens (primary N) is 1. The largest absolute Gasteiger partial charge is 0.454 e. The quantitative estimate of drug-likeness (QED) is 0.521. The number of hydrogen-bond acceptors (Lipinski definition) is 4. The second-order valence-corrected chi connectivity index (χ2v) is 6.22. The van der Waals surface area contributed by atoms with Gasteiger partial charge in [0.15, 0.2) is 5.75 Å². The van der Waals surface area contributed by atoms with Crippen LogP contribution in [-0.2, 0) is 0 Å². The Bertz CT molecular complexity index is 807. The van der Waals surface area contributed by atoms with Crippen molar-refractivity contribution in [3.05, 3.63) is 53.1 Å². The monoisotopic (exact) mass is 360 g/mol. The molecule has 3 nitrogen and oxygen atoms in total. The molecule has 1 heterocycles. The number of nitrogens with zero attached hydrogens (tertiary/aromatic N) is 1. The standard InChI is InChI=1S/C16H13BrN2OS/c1-21-15-5-3-2-4-13(15)20-14-7-6-12(18)11-8-10(17)9-19-16(11)14/h2-9H,18H2,1H3. The number of anilines is 1. The van der Waals surface area contributed by atoms with Crippen LogP contribution in [0.1, 0.15) is 0 Å². The molecule has 2 aromatic carbocycles. The molecule has 2 N–H and O–H groups in total. The van der Waals surface area contributed by atoms with Gasteiger partial charge in [0.1, 0.15) is 11.3 Å². The lowest BCUT2D eigenvalue weighted by Crippen LogP contribution is -1.93. The smallest absolute Gasteiger partial charge is 0.153 e. The Morgan fingerprint density at radius 3 is 2.76 bits per heavy atom. The Morgan fingerprint density at radius 2 is 1.95 bits per heavy atom. The van der Waals surface area contributed by atoms with Gasteiger partial charge in [-0.1, -0.05) is 12.1 Å². The van der Waals surface area contributed by atoms with Gasteiger partial charge in [-0.2, -0.15) is 0 Å². The number of hydrogen-bond donors (Lipinski definition) is 1. The van der Waals surface area contributed by atoms with Gasteiger partial charge >= 0.3 is 0 Å². The zero-order chi connectivity index (χ0) is 14.8. The molecule has 0 spiro atoms. The lowest BCUT2D eigenvalue weighted by molar-refractivity contribution is 0.475. The summed E-state index contributed by atoms with van der Waals surface area (Å²) in [5, 5.41) is 0.878. The number of fused-ring (bicyclic) bond motifs is 1. The molecule has 0 aliphatic rings. The Balaban J connectivity index is 2.11. The molecule has 0 bridgehead atoms. The van der Waals surface area contributed by atoms with Crippen LogP contribution in [-0.4, -0.2) is 11.2 Å². The van der Waals surface area contributed by atoms with Crippen molar-refractivity contribution >= 4 is 44.3 Å². The van der Waals surface area contributed by atoms with E-state index in [0.717, 1.165) is 26.0 Å². The van der Waals surface area contributed by atoms with Crippen molar-refractivity contribution in [1.82, 2.24) is 4.98 Å². The third-order valence-electron chi connectivity index (χ3n) is 3.10. The summed E-state index contributed by atoms with van der Waals surface area (Å²) in [5.41, 5.74) is 7.47. The van der Waals surface area contributed by atoms with Crippen LogP contribution in [0.3, 0.4) is 0 Å². The first kappa shape index (κ1) is 14.2. The molecular weight excluding hydrogens is 348 g/mol. The van der Waals surface area contributed by atoms with Crippen LogP contribution in [0.25, 0.3) is 10.9 Å². The van der Waals surface area contributed by atoms with Gasteiger partial charge in [-0.3, -0.25) is 4.98 Å². The zero-order valence-corrected chi connectivity index (χ0v) is 13.7. The topological polar surface area (TPSA) is 48.1 Å². The summed E-state index contributed by atoms with van der Waals surface area (Å²) in [4.78, 5) is 5.52. The Hall–Kier alpha value is -1.72. The molecule has 1 aromatic heterocycles. The van der Waals surface area contributed by atoms with Gasteiger partial charge in [0.25, 0.3) is 0 Å². The van der Waals surface area contributed by atoms with Crippen LogP contribution in [0, 0.1) is 0 Å². The van der Waals surface area contributed by atoms with Gasteiger partial charge in [0.2, 0.25) is 0 Å². The van der Waals surface area contributed by atoms with Crippen LogP contribution < -0.4 is 10.5 Å². The first-order valence-electron chi connectivity index (χ1n) is 6.33. The van der Waals surface area contributed by atoms with Gasteiger partial charge in [0.05, 0.1) is 0 Å². The van der Waals surface area contributed by atoms with Crippen LogP contribution in [0.4, 0.5) is 5.69 Å². The number of para-hydroxylation sites is 1. The fourth-order valence-corrected chi connectivity index (χ4v) is 2.95.